The molecule has 0 aliphatic rings. The number of hydrogen-bond acceptors (Lipinski definition) is 4. The van der Waals surface area contributed by atoms with Crippen LogP contribution in [0.1, 0.15) is 11.9 Å². The Hall–Kier alpha value is -1.72. The number of aliphatic hydroxyl groups is 1. The lowest BCUT2D eigenvalue weighted by molar-refractivity contribution is 0.264. The fourth-order valence-corrected chi connectivity index (χ4v) is 1.29. The molecule has 0 aromatic carbocycles. The van der Waals surface area contributed by atoms with E-state index in [-0.39, 0.29) is 6.61 Å². The fourth-order valence-electron chi connectivity index (χ4n) is 1.29. The van der Waals surface area contributed by atoms with Crippen LogP contribution in [0.3, 0.4) is 0 Å². The number of aromatic nitrogens is 3. The highest BCUT2D eigenvalue weighted by molar-refractivity contribution is 5.57. The fraction of sp³-hybridized carbons (Fsp3) is 0.200. The second-order valence-corrected chi connectivity index (χ2v) is 3.21. The monoisotopic (exact) mass is 204 g/mol. The SMILES string of the molecule is NC(CO)c1ncc(-c2ccncc2)[nH]1. The summed E-state index contributed by atoms with van der Waals surface area (Å²) in [6.07, 6.45) is 5.11. The number of rotatable bonds is 3. The Morgan fingerprint density at radius 3 is 2.80 bits per heavy atom. The summed E-state index contributed by atoms with van der Waals surface area (Å²) < 4.78 is 0. The Labute approximate surface area is 87.0 Å². The van der Waals surface area contributed by atoms with Crippen molar-refractivity contribution in [1.29, 1.82) is 0 Å². The number of imidazole rings is 1. The molecule has 78 valence electrons. The van der Waals surface area contributed by atoms with Gasteiger partial charge in [-0.3, -0.25) is 4.98 Å². The Morgan fingerprint density at radius 1 is 1.40 bits per heavy atom. The third-order valence-corrected chi connectivity index (χ3v) is 2.13. The normalized spacial score (nSPS) is 12.7. The number of pyridine rings is 1. The van der Waals surface area contributed by atoms with Crippen LogP contribution in [0.5, 0.6) is 0 Å². The number of nitrogens with two attached hydrogens (primary N) is 1. The zero-order chi connectivity index (χ0) is 10.7. The molecule has 0 aliphatic heterocycles. The molecule has 0 spiro atoms. The average Bonchev–Trinajstić information content (AvgIpc) is 2.78. The first-order valence-electron chi connectivity index (χ1n) is 4.63. The molecule has 5 heteroatoms. The zero-order valence-corrected chi connectivity index (χ0v) is 8.09. The Morgan fingerprint density at radius 2 is 2.13 bits per heavy atom. The topological polar surface area (TPSA) is 87.8 Å². The van der Waals surface area contributed by atoms with Gasteiger partial charge in [0.25, 0.3) is 0 Å². The van der Waals surface area contributed by atoms with Gasteiger partial charge < -0.3 is 15.8 Å². The highest BCUT2D eigenvalue weighted by atomic mass is 16.3. The third-order valence-electron chi connectivity index (χ3n) is 2.13. The van der Waals surface area contributed by atoms with Crippen LogP contribution in [0.25, 0.3) is 11.3 Å². The van der Waals surface area contributed by atoms with E-state index in [0.29, 0.717) is 5.82 Å². The second-order valence-electron chi connectivity index (χ2n) is 3.21. The van der Waals surface area contributed by atoms with Crippen molar-refractivity contribution in [2.45, 2.75) is 6.04 Å². The van der Waals surface area contributed by atoms with Gasteiger partial charge in [0.15, 0.2) is 0 Å². The van der Waals surface area contributed by atoms with Crippen LogP contribution in [0.2, 0.25) is 0 Å². The van der Waals surface area contributed by atoms with Crippen molar-refractivity contribution in [3.05, 3.63) is 36.5 Å². The molecule has 0 saturated heterocycles. The first kappa shape index (κ1) is 9.82. The maximum absolute atomic E-state index is 8.87. The molecule has 0 bridgehead atoms. The number of H-pyrrole nitrogens is 1. The molecule has 0 radical (unpaired) electrons. The molecular formula is C10H12N4O. The van der Waals surface area contributed by atoms with Crippen molar-refractivity contribution in [2.24, 2.45) is 5.73 Å². The molecule has 2 aromatic heterocycles. The van der Waals surface area contributed by atoms with E-state index in [4.69, 9.17) is 10.8 Å². The maximum atomic E-state index is 8.87. The Kier molecular flexibility index (Phi) is 2.75. The van der Waals surface area contributed by atoms with Gasteiger partial charge in [-0.1, -0.05) is 0 Å². The minimum Gasteiger partial charge on any atom is -0.394 e. The van der Waals surface area contributed by atoms with Gasteiger partial charge in [0.1, 0.15) is 5.82 Å². The predicted octanol–water partition coefficient (Wildman–Crippen LogP) is 0.464. The summed E-state index contributed by atoms with van der Waals surface area (Å²) in [5.74, 6) is 0.587. The predicted molar refractivity (Wildman–Crippen MR) is 55.8 cm³/mol. The number of nitrogens with zero attached hydrogens (tertiary/aromatic N) is 2. The van der Waals surface area contributed by atoms with Gasteiger partial charge in [0.05, 0.1) is 24.5 Å². The number of hydrogen-bond donors (Lipinski definition) is 3. The lowest BCUT2D eigenvalue weighted by Gasteiger charge is -2.02. The lowest BCUT2D eigenvalue weighted by Crippen LogP contribution is -2.15. The van der Waals surface area contributed by atoms with E-state index in [1.807, 2.05) is 12.1 Å². The molecule has 0 aliphatic carbocycles. The van der Waals surface area contributed by atoms with Gasteiger partial charge in [-0.15, -0.1) is 0 Å². The van der Waals surface area contributed by atoms with Crippen molar-refractivity contribution in [1.82, 2.24) is 15.0 Å². The minimum absolute atomic E-state index is 0.122. The zero-order valence-electron chi connectivity index (χ0n) is 8.09. The Balaban J connectivity index is 2.28. The molecule has 2 rings (SSSR count). The van der Waals surface area contributed by atoms with Crippen molar-refractivity contribution >= 4 is 0 Å². The standard InChI is InChI=1S/C10H12N4O/c11-8(6-15)10-13-5-9(14-10)7-1-3-12-4-2-7/h1-5,8,15H,6,11H2,(H,13,14). The van der Waals surface area contributed by atoms with Crippen LogP contribution < -0.4 is 5.73 Å². The highest BCUT2D eigenvalue weighted by Crippen LogP contribution is 2.17. The largest absolute Gasteiger partial charge is 0.394 e. The third kappa shape index (κ3) is 2.03. The molecule has 2 heterocycles. The van der Waals surface area contributed by atoms with Crippen LogP contribution in [0, 0.1) is 0 Å². The minimum atomic E-state index is -0.458. The Bertz CT molecular complexity index is 426. The molecule has 4 N–H and O–H groups in total. The molecule has 1 unspecified atom stereocenters. The van der Waals surface area contributed by atoms with Crippen LogP contribution >= 0.6 is 0 Å². The quantitative estimate of drug-likeness (QED) is 0.678. The van der Waals surface area contributed by atoms with E-state index in [9.17, 15) is 0 Å². The first-order chi connectivity index (χ1) is 7.31. The van der Waals surface area contributed by atoms with E-state index >= 15 is 0 Å². The van der Waals surface area contributed by atoms with E-state index in [0.717, 1.165) is 11.3 Å². The number of aliphatic hydroxyl groups excluding tert-OH is 1. The number of aromatic amines is 1. The van der Waals surface area contributed by atoms with Crippen LogP contribution in [0.15, 0.2) is 30.7 Å². The van der Waals surface area contributed by atoms with Crippen LogP contribution in [-0.2, 0) is 0 Å². The summed E-state index contributed by atoms with van der Waals surface area (Å²) in [5.41, 5.74) is 7.50. The first-order valence-corrected chi connectivity index (χ1v) is 4.63. The molecule has 0 fully saturated rings. The summed E-state index contributed by atoms with van der Waals surface area (Å²) in [7, 11) is 0. The summed E-state index contributed by atoms with van der Waals surface area (Å²) in [4.78, 5) is 11.1. The van der Waals surface area contributed by atoms with Crippen LogP contribution in [0.4, 0.5) is 0 Å². The van der Waals surface area contributed by atoms with Crippen molar-refractivity contribution in [2.75, 3.05) is 6.61 Å². The molecule has 0 saturated carbocycles. The van der Waals surface area contributed by atoms with Crippen molar-refractivity contribution in [3.63, 3.8) is 0 Å². The lowest BCUT2D eigenvalue weighted by atomic mass is 10.2. The molecule has 5 nitrogen and oxygen atoms in total. The molecular weight excluding hydrogens is 192 g/mol. The second kappa shape index (κ2) is 4.20. The van der Waals surface area contributed by atoms with Gasteiger partial charge >= 0.3 is 0 Å². The van der Waals surface area contributed by atoms with Gasteiger partial charge in [-0.25, -0.2) is 4.98 Å². The highest BCUT2D eigenvalue weighted by Gasteiger charge is 2.09. The van der Waals surface area contributed by atoms with Crippen molar-refractivity contribution < 1.29 is 5.11 Å². The number of nitrogens with one attached hydrogen (secondary N) is 1. The van der Waals surface area contributed by atoms with Crippen molar-refractivity contribution in [3.8, 4) is 11.3 Å². The molecule has 0 amide bonds. The van der Waals surface area contributed by atoms with Gasteiger partial charge in [0.2, 0.25) is 0 Å². The van der Waals surface area contributed by atoms with Gasteiger partial charge in [-0.05, 0) is 12.1 Å². The smallest absolute Gasteiger partial charge is 0.125 e. The van der Waals surface area contributed by atoms with Gasteiger partial charge in [0, 0.05) is 18.0 Å². The summed E-state index contributed by atoms with van der Waals surface area (Å²) in [6.45, 7) is -0.122. The summed E-state index contributed by atoms with van der Waals surface area (Å²) >= 11 is 0. The maximum Gasteiger partial charge on any atom is 0.125 e. The van der Waals surface area contributed by atoms with E-state index in [2.05, 4.69) is 15.0 Å². The van der Waals surface area contributed by atoms with E-state index in [1.54, 1.807) is 18.6 Å². The average molecular weight is 204 g/mol. The van der Waals surface area contributed by atoms with Gasteiger partial charge in [-0.2, -0.15) is 0 Å². The molecule has 1 atom stereocenters. The van der Waals surface area contributed by atoms with Crippen LogP contribution in [-0.4, -0.2) is 26.7 Å². The summed E-state index contributed by atoms with van der Waals surface area (Å²) in [6, 6.07) is 3.30. The van der Waals surface area contributed by atoms with E-state index < -0.39 is 6.04 Å². The molecule has 15 heavy (non-hydrogen) atoms. The summed E-state index contributed by atoms with van der Waals surface area (Å²) in [5, 5.41) is 8.87. The van der Waals surface area contributed by atoms with E-state index in [1.165, 1.54) is 0 Å². The molecule has 2 aromatic rings.